The smallest absolute Gasteiger partial charge is 0.269 e. The highest BCUT2D eigenvalue weighted by atomic mass is 16.2. The molecule has 1 aromatic carbocycles. The van der Waals surface area contributed by atoms with E-state index < -0.39 is 0 Å². The fraction of sp³-hybridized carbons (Fsp3) is 0.474. The van der Waals surface area contributed by atoms with Crippen LogP contribution < -0.4 is 5.32 Å². The van der Waals surface area contributed by atoms with Crippen molar-refractivity contribution in [3.8, 4) is 0 Å². The molecule has 3 rings (SSSR count). The zero-order chi connectivity index (χ0) is 16.1. The second-order valence-electron chi connectivity index (χ2n) is 6.48. The second-order valence-corrected chi connectivity index (χ2v) is 6.48. The highest BCUT2D eigenvalue weighted by Crippen LogP contribution is 2.40. The number of aromatic nitrogens is 2. The average molecular weight is 311 g/mol. The molecule has 1 N–H and O–H groups in total. The Bertz CT molecular complexity index is 642. The van der Waals surface area contributed by atoms with Gasteiger partial charge in [-0.25, -0.2) is 0 Å². The summed E-state index contributed by atoms with van der Waals surface area (Å²) in [6.07, 6.45) is 7.43. The van der Waals surface area contributed by atoms with E-state index in [1.165, 1.54) is 18.4 Å². The van der Waals surface area contributed by atoms with Crippen LogP contribution in [0.25, 0.3) is 0 Å². The summed E-state index contributed by atoms with van der Waals surface area (Å²) in [5, 5.41) is 7.40. The largest absolute Gasteiger partial charge is 0.350 e. The van der Waals surface area contributed by atoms with Crippen molar-refractivity contribution >= 4 is 5.91 Å². The van der Waals surface area contributed by atoms with E-state index in [9.17, 15) is 4.79 Å². The molecule has 0 saturated heterocycles. The number of nitrogens with one attached hydrogen (secondary N) is 1. The molecule has 23 heavy (non-hydrogen) atoms. The molecule has 0 atom stereocenters. The van der Waals surface area contributed by atoms with Crippen LogP contribution in [0.4, 0.5) is 0 Å². The van der Waals surface area contributed by atoms with Crippen LogP contribution in [0, 0.1) is 0 Å². The van der Waals surface area contributed by atoms with Gasteiger partial charge in [0, 0.05) is 24.7 Å². The van der Waals surface area contributed by atoms with Crippen LogP contribution in [0.1, 0.15) is 55.1 Å². The molecule has 1 fully saturated rings. The van der Waals surface area contributed by atoms with Gasteiger partial charge in [0.1, 0.15) is 5.69 Å². The standard InChI is InChI=1S/C19H25N3O/c1-2-14-22-17(10-13-21-22)18(23)20-15-19(11-6-7-12-19)16-8-4-3-5-9-16/h3-5,8-10,13H,2,6-7,11-12,14-15H2,1H3,(H,20,23). The maximum Gasteiger partial charge on any atom is 0.269 e. The van der Waals surface area contributed by atoms with E-state index in [2.05, 4.69) is 41.6 Å². The molecule has 0 spiro atoms. The number of carbonyl (C=O) groups excluding carboxylic acids is 1. The zero-order valence-electron chi connectivity index (χ0n) is 13.8. The van der Waals surface area contributed by atoms with Gasteiger partial charge in [-0.15, -0.1) is 0 Å². The van der Waals surface area contributed by atoms with Crippen molar-refractivity contribution in [3.05, 3.63) is 53.9 Å². The predicted molar refractivity (Wildman–Crippen MR) is 91.4 cm³/mol. The van der Waals surface area contributed by atoms with Crippen molar-refractivity contribution in [2.45, 2.75) is 51.0 Å². The summed E-state index contributed by atoms with van der Waals surface area (Å²) in [5.41, 5.74) is 2.10. The maximum absolute atomic E-state index is 12.6. The van der Waals surface area contributed by atoms with Gasteiger partial charge in [0.05, 0.1) is 0 Å². The maximum atomic E-state index is 12.6. The van der Waals surface area contributed by atoms with E-state index in [0.717, 1.165) is 25.8 Å². The van der Waals surface area contributed by atoms with Crippen molar-refractivity contribution in [2.75, 3.05) is 6.54 Å². The fourth-order valence-corrected chi connectivity index (χ4v) is 3.67. The summed E-state index contributed by atoms with van der Waals surface area (Å²) < 4.78 is 1.79. The van der Waals surface area contributed by atoms with E-state index >= 15 is 0 Å². The molecule has 0 bridgehead atoms. The van der Waals surface area contributed by atoms with Crippen LogP contribution in [0.2, 0.25) is 0 Å². The summed E-state index contributed by atoms with van der Waals surface area (Å²) in [6, 6.07) is 12.4. The van der Waals surface area contributed by atoms with Gasteiger partial charge in [-0.1, -0.05) is 50.1 Å². The van der Waals surface area contributed by atoms with E-state index in [-0.39, 0.29) is 11.3 Å². The first-order chi connectivity index (χ1) is 11.2. The lowest BCUT2D eigenvalue weighted by Crippen LogP contribution is -2.39. The van der Waals surface area contributed by atoms with Gasteiger partial charge in [0.2, 0.25) is 0 Å². The Morgan fingerprint density at radius 2 is 1.96 bits per heavy atom. The lowest BCUT2D eigenvalue weighted by atomic mass is 9.79. The minimum atomic E-state index is -0.0156. The highest BCUT2D eigenvalue weighted by Gasteiger charge is 2.35. The molecule has 0 radical (unpaired) electrons. The Kier molecular flexibility index (Phi) is 4.79. The van der Waals surface area contributed by atoms with Crippen molar-refractivity contribution < 1.29 is 4.79 Å². The van der Waals surface area contributed by atoms with Crippen LogP contribution in [-0.4, -0.2) is 22.2 Å². The third-order valence-corrected chi connectivity index (χ3v) is 4.92. The number of aryl methyl sites for hydroxylation is 1. The topological polar surface area (TPSA) is 46.9 Å². The summed E-state index contributed by atoms with van der Waals surface area (Å²) in [5.74, 6) is -0.0156. The highest BCUT2D eigenvalue weighted by molar-refractivity contribution is 5.92. The Labute approximate surface area is 137 Å². The van der Waals surface area contributed by atoms with Crippen molar-refractivity contribution in [2.24, 2.45) is 0 Å². The zero-order valence-corrected chi connectivity index (χ0v) is 13.8. The minimum absolute atomic E-state index is 0.0156. The molecular formula is C19H25N3O. The number of hydrogen-bond acceptors (Lipinski definition) is 2. The van der Waals surface area contributed by atoms with Crippen molar-refractivity contribution in [3.63, 3.8) is 0 Å². The van der Waals surface area contributed by atoms with Gasteiger partial charge in [-0.3, -0.25) is 9.48 Å². The first-order valence-corrected chi connectivity index (χ1v) is 8.61. The molecule has 1 aliphatic carbocycles. The normalized spacial score (nSPS) is 16.4. The van der Waals surface area contributed by atoms with Gasteiger partial charge in [-0.2, -0.15) is 5.10 Å². The molecule has 1 aliphatic rings. The number of rotatable bonds is 6. The first-order valence-electron chi connectivity index (χ1n) is 8.61. The van der Waals surface area contributed by atoms with Gasteiger partial charge in [0.25, 0.3) is 5.91 Å². The number of carbonyl (C=O) groups is 1. The molecule has 122 valence electrons. The monoisotopic (exact) mass is 311 g/mol. The van der Waals surface area contributed by atoms with Crippen LogP contribution in [-0.2, 0) is 12.0 Å². The van der Waals surface area contributed by atoms with Crippen LogP contribution >= 0.6 is 0 Å². The van der Waals surface area contributed by atoms with E-state index in [1.54, 1.807) is 16.9 Å². The molecule has 4 nitrogen and oxygen atoms in total. The molecule has 1 heterocycles. The SMILES string of the molecule is CCCn1nccc1C(=O)NCC1(c2ccccc2)CCCC1. The lowest BCUT2D eigenvalue weighted by Gasteiger charge is -2.30. The van der Waals surface area contributed by atoms with E-state index in [4.69, 9.17) is 0 Å². The number of benzene rings is 1. The third kappa shape index (κ3) is 3.31. The molecule has 1 saturated carbocycles. The van der Waals surface area contributed by atoms with Gasteiger partial charge in [0.15, 0.2) is 0 Å². The number of nitrogens with zero attached hydrogens (tertiary/aromatic N) is 2. The fourth-order valence-electron chi connectivity index (χ4n) is 3.67. The first kappa shape index (κ1) is 15.8. The Morgan fingerprint density at radius 3 is 2.65 bits per heavy atom. The van der Waals surface area contributed by atoms with Crippen LogP contribution in [0.15, 0.2) is 42.6 Å². The molecule has 2 aromatic rings. The van der Waals surface area contributed by atoms with Crippen molar-refractivity contribution in [1.82, 2.24) is 15.1 Å². The molecular weight excluding hydrogens is 286 g/mol. The molecule has 4 heteroatoms. The average Bonchev–Trinajstić information content (AvgIpc) is 3.24. The summed E-state index contributed by atoms with van der Waals surface area (Å²) in [6.45, 7) is 3.57. The van der Waals surface area contributed by atoms with Crippen molar-refractivity contribution in [1.29, 1.82) is 0 Å². The van der Waals surface area contributed by atoms with Crippen LogP contribution in [0.5, 0.6) is 0 Å². The third-order valence-electron chi connectivity index (χ3n) is 4.92. The van der Waals surface area contributed by atoms with Gasteiger partial charge in [-0.05, 0) is 30.9 Å². The van der Waals surface area contributed by atoms with Gasteiger partial charge >= 0.3 is 0 Å². The molecule has 0 aliphatic heterocycles. The Hall–Kier alpha value is -2.10. The Morgan fingerprint density at radius 1 is 1.22 bits per heavy atom. The lowest BCUT2D eigenvalue weighted by molar-refractivity contribution is 0.0932. The van der Waals surface area contributed by atoms with Gasteiger partial charge < -0.3 is 5.32 Å². The van der Waals surface area contributed by atoms with Crippen LogP contribution in [0.3, 0.4) is 0 Å². The number of hydrogen-bond donors (Lipinski definition) is 1. The second kappa shape index (κ2) is 6.99. The summed E-state index contributed by atoms with van der Waals surface area (Å²) >= 11 is 0. The molecule has 1 aromatic heterocycles. The molecule has 0 unspecified atom stereocenters. The quantitative estimate of drug-likeness (QED) is 0.887. The van der Waals surface area contributed by atoms with E-state index in [0.29, 0.717) is 12.2 Å². The molecule has 1 amide bonds. The predicted octanol–water partition coefficient (Wildman–Crippen LogP) is 3.53. The minimum Gasteiger partial charge on any atom is -0.350 e. The summed E-state index contributed by atoms with van der Waals surface area (Å²) in [4.78, 5) is 12.6. The Balaban J connectivity index is 1.72. The number of amides is 1. The summed E-state index contributed by atoms with van der Waals surface area (Å²) in [7, 11) is 0. The van der Waals surface area contributed by atoms with E-state index in [1.807, 2.05) is 6.07 Å².